The number of hydrogen-bond acceptors (Lipinski definition) is 5. The van der Waals surface area contributed by atoms with Crippen molar-refractivity contribution < 1.29 is 31.9 Å². The Morgan fingerprint density at radius 3 is 2.80 bits per heavy atom. The number of carbonyl (C=O) groups is 1. The highest BCUT2D eigenvalue weighted by Crippen LogP contribution is 2.33. The molecule has 20 heavy (non-hydrogen) atoms. The fraction of sp³-hybridized carbons (Fsp3) is 0.667. The molecule has 0 bridgehead atoms. The fourth-order valence-corrected chi connectivity index (χ4v) is 1.98. The Morgan fingerprint density at radius 2 is 2.25 bits per heavy atom. The summed E-state index contributed by atoms with van der Waals surface area (Å²) in [5, 5.41) is 0. The number of carbonyl (C=O) groups excluding carboxylic acids is 1. The number of aromatic nitrogens is 1. The van der Waals surface area contributed by atoms with E-state index in [9.17, 15) is 18.0 Å². The number of hydrogen-bond donors (Lipinski definition) is 0. The van der Waals surface area contributed by atoms with Crippen molar-refractivity contribution in [3.05, 3.63) is 17.3 Å². The van der Waals surface area contributed by atoms with Crippen molar-refractivity contribution in [3.63, 3.8) is 0 Å². The van der Waals surface area contributed by atoms with E-state index in [1.165, 1.54) is 6.92 Å². The number of ether oxygens (including phenoxy) is 2. The highest BCUT2D eigenvalue weighted by atomic mass is 19.4. The minimum absolute atomic E-state index is 0.0438. The van der Waals surface area contributed by atoms with Crippen molar-refractivity contribution in [1.82, 2.24) is 4.98 Å². The second-order valence-electron chi connectivity index (χ2n) is 4.34. The third-order valence-electron chi connectivity index (χ3n) is 2.83. The molecule has 1 fully saturated rings. The van der Waals surface area contributed by atoms with Gasteiger partial charge >= 0.3 is 12.1 Å². The number of oxazole rings is 1. The summed E-state index contributed by atoms with van der Waals surface area (Å²) in [6.07, 6.45) is -3.28. The van der Waals surface area contributed by atoms with Crippen molar-refractivity contribution >= 4 is 5.97 Å². The minimum Gasteiger partial charge on any atom is -0.460 e. The smallest absolute Gasteiger partial charge is 0.437 e. The van der Waals surface area contributed by atoms with Gasteiger partial charge in [-0.1, -0.05) is 0 Å². The van der Waals surface area contributed by atoms with Gasteiger partial charge in [-0.2, -0.15) is 13.2 Å². The Kier molecular flexibility index (Phi) is 4.32. The van der Waals surface area contributed by atoms with Gasteiger partial charge in [-0.15, -0.1) is 0 Å². The number of halogens is 3. The monoisotopic (exact) mass is 293 g/mol. The van der Waals surface area contributed by atoms with Crippen molar-refractivity contribution in [1.29, 1.82) is 0 Å². The first-order chi connectivity index (χ1) is 9.41. The zero-order valence-electron chi connectivity index (χ0n) is 10.8. The summed E-state index contributed by atoms with van der Waals surface area (Å²) in [6.45, 7) is 2.02. The molecule has 1 atom stereocenters. The molecule has 1 aromatic heterocycles. The zero-order valence-corrected chi connectivity index (χ0v) is 10.8. The Morgan fingerprint density at radius 1 is 1.50 bits per heavy atom. The molecule has 0 radical (unpaired) electrons. The average molecular weight is 293 g/mol. The van der Waals surface area contributed by atoms with Gasteiger partial charge in [0.15, 0.2) is 11.6 Å². The average Bonchev–Trinajstić information content (AvgIpc) is 2.98. The maximum atomic E-state index is 12.8. The van der Waals surface area contributed by atoms with Crippen LogP contribution in [-0.2, 0) is 22.1 Å². The highest BCUT2D eigenvalue weighted by Gasteiger charge is 2.42. The van der Waals surface area contributed by atoms with Gasteiger partial charge in [-0.25, -0.2) is 9.78 Å². The molecule has 112 valence electrons. The number of alkyl halides is 3. The van der Waals surface area contributed by atoms with Gasteiger partial charge in [-0.3, -0.25) is 0 Å². The van der Waals surface area contributed by atoms with Crippen LogP contribution in [0.2, 0.25) is 0 Å². The van der Waals surface area contributed by atoms with E-state index >= 15 is 0 Å². The molecule has 5 nitrogen and oxygen atoms in total. The van der Waals surface area contributed by atoms with Gasteiger partial charge in [0.1, 0.15) is 0 Å². The Balaban J connectivity index is 2.24. The van der Waals surface area contributed by atoms with E-state index in [2.05, 4.69) is 9.72 Å². The largest absolute Gasteiger partial charge is 0.460 e. The van der Waals surface area contributed by atoms with Crippen LogP contribution in [0.15, 0.2) is 4.42 Å². The van der Waals surface area contributed by atoms with Crippen LogP contribution in [0.1, 0.15) is 41.9 Å². The predicted octanol–water partition coefficient (Wildman–Crippen LogP) is 2.59. The fourth-order valence-electron chi connectivity index (χ4n) is 1.98. The maximum Gasteiger partial charge on any atom is 0.437 e. The highest BCUT2D eigenvalue weighted by molar-refractivity contribution is 5.87. The van der Waals surface area contributed by atoms with E-state index < -0.39 is 23.6 Å². The molecule has 1 saturated heterocycles. The predicted molar refractivity (Wildman–Crippen MR) is 60.1 cm³/mol. The zero-order chi connectivity index (χ0) is 14.8. The minimum atomic E-state index is -4.76. The van der Waals surface area contributed by atoms with E-state index in [4.69, 9.17) is 9.15 Å². The molecule has 1 unspecified atom stereocenters. The van der Waals surface area contributed by atoms with Crippen LogP contribution in [0.5, 0.6) is 0 Å². The van der Waals surface area contributed by atoms with Crippen molar-refractivity contribution in [2.24, 2.45) is 0 Å². The Hall–Kier alpha value is -1.57. The normalized spacial score (nSPS) is 19.3. The van der Waals surface area contributed by atoms with Gasteiger partial charge < -0.3 is 13.9 Å². The molecule has 1 aromatic rings. The third kappa shape index (κ3) is 3.30. The van der Waals surface area contributed by atoms with Gasteiger partial charge in [0.25, 0.3) is 0 Å². The molecular weight excluding hydrogens is 279 g/mol. The van der Waals surface area contributed by atoms with Crippen LogP contribution >= 0.6 is 0 Å². The van der Waals surface area contributed by atoms with Gasteiger partial charge in [0.05, 0.1) is 19.1 Å². The quantitative estimate of drug-likeness (QED) is 0.798. The van der Waals surface area contributed by atoms with E-state index in [1.54, 1.807) is 0 Å². The Bertz CT molecular complexity index is 478. The number of esters is 1. The van der Waals surface area contributed by atoms with Crippen LogP contribution in [0, 0.1) is 0 Å². The molecule has 1 aliphatic rings. The molecule has 0 N–H and O–H groups in total. The maximum absolute atomic E-state index is 12.8. The van der Waals surface area contributed by atoms with Crippen LogP contribution in [0.3, 0.4) is 0 Å². The molecule has 0 spiro atoms. The Labute approximate surface area is 113 Å². The van der Waals surface area contributed by atoms with Crippen LogP contribution < -0.4 is 0 Å². The van der Waals surface area contributed by atoms with Gasteiger partial charge in [0, 0.05) is 6.61 Å². The standard InChI is InChI=1S/C12H14F3NO4/c1-2-18-11(17)9-10(12(13,14)15)16-8(20-9)6-7-4-3-5-19-7/h7H,2-6H2,1H3. The SMILES string of the molecule is CCOC(=O)c1oc(CC2CCCO2)nc1C(F)(F)F. The molecule has 8 heteroatoms. The molecule has 0 saturated carbocycles. The lowest BCUT2D eigenvalue weighted by Gasteiger charge is -2.04. The summed E-state index contributed by atoms with van der Waals surface area (Å²) >= 11 is 0. The molecular formula is C12H14F3NO4. The van der Waals surface area contributed by atoms with Gasteiger partial charge in [-0.05, 0) is 19.8 Å². The van der Waals surface area contributed by atoms with E-state index in [-0.39, 0.29) is 25.0 Å². The van der Waals surface area contributed by atoms with E-state index in [0.717, 1.165) is 12.8 Å². The summed E-state index contributed by atoms with van der Waals surface area (Å²) in [7, 11) is 0. The molecule has 2 heterocycles. The number of nitrogens with zero attached hydrogens (tertiary/aromatic N) is 1. The van der Waals surface area contributed by atoms with Gasteiger partial charge in [0.2, 0.25) is 5.76 Å². The molecule has 1 aliphatic heterocycles. The van der Waals surface area contributed by atoms with E-state index in [0.29, 0.717) is 6.61 Å². The van der Waals surface area contributed by atoms with Crippen LogP contribution in [0.25, 0.3) is 0 Å². The summed E-state index contributed by atoms with van der Waals surface area (Å²) in [4.78, 5) is 14.9. The summed E-state index contributed by atoms with van der Waals surface area (Å²) in [5.41, 5.74) is -1.34. The topological polar surface area (TPSA) is 61.6 Å². The summed E-state index contributed by atoms with van der Waals surface area (Å²) < 4.78 is 53.2. The molecule has 0 aromatic carbocycles. The van der Waals surface area contributed by atoms with Crippen molar-refractivity contribution in [2.75, 3.05) is 13.2 Å². The second-order valence-corrected chi connectivity index (χ2v) is 4.34. The lowest BCUT2D eigenvalue weighted by molar-refractivity contribution is -0.141. The summed E-state index contributed by atoms with van der Waals surface area (Å²) in [6, 6.07) is 0. The first-order valence-corrected chi connectivity index (χ1v) is 6.27. The lowest BCUT2D eigenvalue weighted by atomic mass is 10.2. The van der Waals surface area contributed by atoms with Crippen molar-refractivity contribution in [2.45, 2.75) is 38.5 Å². The van der Waals surface area contributed by atoms with Crippen molar-refractivity contribution in [3.8, 4) is 0 Å². The van der Waals surface area contributed by atoms with Crippen LogP contribution in [-0.4, -0.2) is 30.3 Å². The molecule has 2 rings (SSSR count). The number of rotatable bonds is 4. The molecule has 0 amide bonds. The first-order valence-electron chi connectivity index (χ1n) is 6.27. The second kappa shape index (κ2) is 5.82. The third-order valence-corrected chi connectivity index (χ3v) is 2.83. The van der Waals surface area contributed by atoms with Crippen LogP contribution in [0.4, 0.5) is 13.2 Å². The lowest BCUT2D eigenvalue weighted by Crippen LogP contribution is -2.14. The summed E-state index contributed by atoms with van der Waals surface area (Å²) in [5.74, 6) is -2.22. The first kappa shape index (κ1) is 14.8. The van der Waals surface area contributed by atoms with E-state index in [1.807, 2.05) is 0 Å². The molecule has 0 aliphatic carbocycles.